The Bertz CT molecular complexity index is 383. The molecule has 0 saturated heterocycles. The van der Waals surface area contributed by atoms with Gasteiger partial charge in [0.05, 0.1) is 6.61 Å². The van der Waals surface area contributed by atoms with Crippen LogP contribution < -0.4 is 0 Å². The van der Waals surface area contributed by atoms with E-state index in [1.165, 1.54) is 0 Å². The second-order valence-electron chi connectivity index (χ2n) is 9.16. The molecule has 0 spiro atoms. The highest BCUT2D eigenvalue weighted by atomic mass is 28.5. The fourth-order valence-corrected chi connectivity index (χ4v) is 20.8. The standard InChI is InChI=1S/C15H40O6Si4/c1-15(18-16)14-17-12-11-13-25(10,20-23(5,6)7)21-24(8,9)19-22(2,3)4/h15-16H,11-14H2,1-10H3. The monoisotopic (exact) mass is 428 g/mol. The van der Waals surface area contributed by atoms with Crippen molar-refractivity contribution in [1.29, 1.82) is 0 Å². The maximum atomic E-state index is 8.55. The second kappa shape index (κ2) is 10.2. The van der Waals surface area contributed by atoms with Crippen LogP contribution in [0.5, 0.6) is 0 Å². The number of hydrogen-bond donors (Lipinski definition) is 1. The van der Waals surface area contributed by atoms with Crippen molar-refractivity contribution in [2.45, 2.75) is 84.4 Å². The molecular formula is C15H40O6Si4. The van der Waals surface area contributed by atoms with E-state index in [1.807, 2.05) is 0 Å². The van der Waals surface area contributed by atoms with E-state index in [1.54, 1.807) is 6.92 Å². The molecule has 0 amide bonds. The molecule has 2 atom stereocenters. The molecule has 6 nitrogen and oxygen atoms in total. The number of hydrogen-bond acceptors (Lipinski definition) is 6. The van der Waals surface area contributed by atoms with Gasteiger partial charge in [0.15, 0.2) is 16.6 Å². The zero-order valence-corrected chi connectivity index (χ0v) is 21.9. The van der Waals surface area contributed by atoms with Gasteiger partial charge in [0.1, 0.15) is 6.10 Å². The van der Waals surface area contributed by atoms with Crippen LogP contribution in [0.1, 0.15) is 13.3 Å². The van der Waals surface area contributed by atoms with E-state index in [0.29, 0.717) is 13.2 Å². The van der Waals surface area contributed by atoms with Crippen LogP contribution in [0, 0.1) is 0 Å². The van der Waals surface area contributed by atoms with Crippen molar-refractivity contribution >= 4 is 33.8 Å². The zero-order valence-electron chi connectivity index (χ0n) is 17.9. The van der Waals surface area contributed by atoms with Crippen LogP contribution in [0.15, 0.2) is 0 Å². The highest BCUT2D eigenvalue weighted by Crippen LogP contribution is 2.27. The highest BCUT2D eigenvalue weighted by Gasteiger charge is 2.44. The molecule has 0 heterocycles. The van der Waals surface area contributed by atoms with Crippen LogP contribution in [0.3, 0.4) is 0 Å². The van der Waals surface area contributed by atoms with E-state index in [0.717, 1.165) is 12.5 Å². The SMILES string of the molecule is CC(COCCC[Si](C)(O[Si](C)(C)C)O[Si](C)(C)O[Si](C)(C)C)OO. The molecule has 1 N–H and O–H groups in total. The quantitative estimate of drug-likeness (QED) is 0.197. The van der Waals surface area contributed by atoms with Gasteiger partial charge in [0, 0.05) is 6.61 Å². The maximum Gasteiger partial charge on any atom is 0.315 e. The van der Waals surface area contributed by atoms with Gasteiger partial charge in [0.25, 0.3) is 0 Å². The van der Waals surface area contributed by atoms with Crippen molar-refractivity contribution < 1.29 is 27.2 Å². The Morgan fingerprint density at radius 3 is 1.76 bits per heavy atom. The molecule has 0 bridgehead atoms. The summed E-state index contributed by atoms with van der Waals surface area (Å²) in [4.78, 5) is 4.21. The first kappa shape index (κ1) is 25.6. The molecule has 10 heteroatoms. The lowest BCUT2D eigenvalue weighted by molar-refractivity contribution is -0.282. The molecule has 0 aliphatic carbocycles. The first-order valence-corrected chi connectivity index (χ1v) is 21.2. The summed E-state index contributed by atoms with van der Waals surface area (Å²) in [6.07, 6.45) is 0.553. The Morgan fingerprint density at radius 2 is 1.32 bits per heavy atom. The van der Waals surface area contributed by atoms with Gasteiger partial charge in [-0.1, -0.05) is 0 Å². The lowest BCUT2D eigenvalue weighted by atomic mass is 10.4. The Kier molecular flexibility index (Phi) is 10.5. The second-order valence-corrected chi connectivity index (χ2v) is 25.6. The zero-order chi connectivity index (χ0) is 19.9. The van der Waals surface area contributed by atoms with Crippen molar-refractivity contribution in [2.24, 2.45) is 0 Å². The van der Waals surface area contributed by atoms with Crippen molar-refractivity contribution in [3.05, 3.63) is 0 Å². The molecule has 0 aromatic carbocycles. The van der Waals surface area contributed by atoms with Crippen LogP contribution in [-0.2, 0) is 22.0 Å². The first-order chi connectivity index (χ1) is 11.1. The molecule has 0 aromatic heterocycles. The van der Waals surface area contributed by atoms with Crippen LogP contribution in [0.25, 0.3) is 0 Å². The van der Waals surface area contributed by atoms with Crippen molar-refractivity contribution in [2.75, 3.05) is 13.2 Å². The summed E-state index contributed by atoms with van der Waals surface area (Å²) in [6.45, 7) is 22.3. The summed E-state index contributed by atoms with van der Waals surface area (Å²) in [7, 11) is -7.97. The van der Waals surface area contributed by atoms with Gasteiger partial charge >= 0.3 is 17.1 Å². The van der Waals surface area contributed by atoms with Gasteiger partial charge in [-0.05, 0) is 78.3 Å². The van der Waals surface area contributed by atoms with Crippen LogP contribution in [0.4, 0.5) is 0 Å². The van der Waals surface area contributed by atoms with Gasteiger partial charge in [-0.3, -0.25) is 5.26 Å². The predicted molar refractivity (Wildman–Crippen MR) is 112 cm³/mol. The summed E-state index contributed by atoms with van der Waals surface area (Å²) in [5.41, 5.74) is 0. The summed E-state index contributed by atoms with van der Waals surface area (Å²) in [5.74, 6) is 0. The molecule has 0 aliphatic rings. The van der Waals surface area contributed by atoms with Gasteiger partial charge in [-0.2, -0.15) is 0 Å². The minimum Gasteiger partial charge on any atom is -0.437 e. The first-order valence-electron chi connectivity index (χ1n) is 9.06. The predicted octanol–water partition coefficient (Wildman–Crippen LogP) is 4.76. The third kappa shape index (κ3) is 14.4. The Balaban J connectivity index is 4.78. The minimum atomic E-state index is -2.35. The average Bonchev–Trinajstić information content (AvgIpc) is 2.31. The van der Waals surface area contributed by atoms with Gasteiger partial charge in [0.2, 0.25) is 0 Å². The van der Waals surface area contributed by atoms with Gasteiger partial charge < -0.3 is 17.1 Å². The van der Waals surface area contributed by atoms with Crippen LogP contribution >= 0.6 is 0 Å². The molecule has 0 fully saturated rings. The van der Waals surface area contributed by atoms with Crippen LogP contribution in [-0.4, -0.2) is 58.3 Å². The topological polar surface area (TPSA) is 66.4 Å². The summed E-state index contributed by atoms with van der Waals surface area (Å²) >= 11 is 0. The van der Waals surface area contributed by atoms with Crippen molar-refractivity contribution in [1.82, 2.24) is 0 Å². The summed E-state index contributed by atoms with van der Waals surface area (Å²) in [6, 6.07) is 0.872. The number of rotatable bonds is 13. The van der Waals surface area contributed by atoms with Gasteiger partial charge in [-0.15, -0.1) is 0 Å². The number of ether oxygens (including phenoxy) is 1. The largest absolute Gasteiger partial charge is 0.437 e. The van der Waals surface area contributed by atoms with Crippen molar-refractivity contribution in [3.8, 4) is 0 Å². The highest BCUT2D eigenvalue weighted by molar-refractivity contribution is 6.89. The molecule has 0 rings (SSSR count). The third-order valence-electron chi connectivity index (χ3n) is 2.99. The molecule has 2 unspecified atom stereocenters. The molecular weight excluding hydrogens is 389 g/mol. The van der Waals surface area contributed by atoms with Crippen LogP contribution in [0.2, 0.25) is 65.0 Å². The fourth-order valence-electron chi connectivity index (χ4n) is 2.82. The lowest BCUT2D eigenvalue weighted by Crippen LogP contribution is -2.56. The Hall–Kier alpha value is 0.628. The molecule has 0 aliphatic heterocycles. The normalized spacial score (nSPS) is 17.4. The van der Waals surface area contributed by atoms with E-state index in [4.69, 9.17) is 22.3 Å². The third-order valence-corrected chi connectivity index (χ3v) is 16.5. The Labute approximate surface area is 158 Å². The minimum absolute atomic E-state index is 0.311. The summed E-state index contributed by atoms with van der Waals surface area (Å²) in [5, 5.41) is 8.55. The Morgan fingerprint density at radius 1 is 0.800 bits per heavy atom. The average molecular weight is 429 g/mol. The van der Waals surface area contributed by atoms with E-state index >= 15 is 0 Å². The summed E-state index contributed by atoms with van der Waals surface area (Å²) < 4.78 is 25.0. The maximum absolute atomic E-state index is 8.55. The van der Waals surface area contributed by atoms with E-state index in [-0.39, 0.29) is 6.10 Å². The van der Waals surface area contributed by atoms with Crippen molar-refractivity contribution in [3.63, 3.8) is 0 Å². The van der Waals surface area contributed by atoms with Gasteiger partial charge in [-0.25, -0.2) is 4.89 Å². The molecule has 0 radical (unpaired) electrons. The van der Waals surface area contributed by atoms with E-state index in [9.17, 15) is 0 Å². The fraction of sp³-hybridized carbons (Fsp3) is 1.00. The molecule has 0 aromatic rings. The molecule has 25 heavy (non-hydrogen) atoms. The molecule has 0 saturated carbocycles. The van der Waals surface area contributed by atoms with E-state index < -0.39 is 33.8 Å². The smallest absolute Gasteiger partial charge is 0.315 e. The molecule has 152 valence electrons. The van der Waals surface area contributed by atoms with E-state index in [2.05, 4.69) is 63.8 Å². The lowest BCUT2D eigenvalue weighted by Gasteiger charge is -2.41.